The van der Waals surface area contributed by atoms with Crippen molar-refractivity contribution in [2.75, 3.05) is 37.7 Å². The lowest BCUT2D eigenvalue weighted by Crippen LogP contribution is -2.48. The van der Waals surface area contributed by atoms with Gasteiger partial charge in [-0.15, -0.1) is 0 Å². The van der Waals surface area contributed by atoms with E-state index in [2.05, 4.69) is 0 Å². The van der Waals surface area contributed by atoms with E-state index in [0.29, 0.717) is 37.6 Å². The minimum Gasteiger partial charge on any atom is -0.378 e. The number of urea groups is 1. The van der Waals surface area contributed by atoms with Gasteiger partial charge in [0.05, 0.1) is 31.9 Å². The number of alkyl halides is 3. The predicted molar refractivity (Wildman–Crippen MR) is 110 cm³/mol. The first-order chi connectivity index (χ1) is 15.7. The van der Waals surface area contributed by atoms with Crippen molar-refractivity contribution in [1.82, 2.24) is 10.2 Å². The normalized spacial score (nSPS) is 14.0. The number of carbonyl (C=O) groups is 3. The zero-order valence-corrected chi connectivity index (χ0v) is 17.4. The van der Waals surface area contributed by atoms with Crippen LogP contribution in [0.15, 0.2) is 48.5 Å². The SMILES string of the molecule is O=C(CNC(=O)C(F)(F)F)c1ccc(CN(C(=O)N2CCOCC2)c2ccccc2)cc1F. The van der Waals surface area contributed by atoms with Gasteiger partial charge in [0.1, 0.15) is 5.82 Å². The van der Waals surface area contributed by atoms with Crippen molar-refractivity contribution in [1.29, 1.82) is 0 Å². The maximum atomic E-state index is 14.6. The van der Waals surface area contributed by atoms with Crippen LogP contribution in [0.5, 0.6) is 0 Å². The second-order valence-electron chi connectivity index (χ2n) is 7.22. The molecule has 3 amide bonds. The van der Waals surface area contributed by atoms with Crippen LogP contribution in [0.2, 0.25) is 0 Å². The highest BCUT2D eigenvalue weighted by molar-refractivity contribution is 6.00. The van der Waals surface area contributed by atoms with Gasteiger partial charge in [-0.1, -0.05) is 24.3 Å². The summed E-state index contributed by atoms with van der Waals surface area (Å²) in [6.45, 7) is 0.632. The van der Waals surface area contributed by atoms with Gasteiger partial charge in [0, 0.05) is 18.8 Å². The van der Waals surface area contributed by atoms with E-state index < -0.39 is 35.8 Å². The number of hydrogen-bond donors (Lipinski definition) is 1. The Morgan fingerprint density at radius 1 is 1.03 bits per heavy atom. The van der Waals surface area contributed by atoms with Crippen LogP contribution in [0, 0.1) is 5.82 Å². The molecule has 0 unspecified atom stereocenters. The van der Waals surface area contributed by atoms with Gasteiger partial charge in [-0.2, -0.15) is 13.2 Å². The summed E-state index contributed by atoms with van der Waals surface area (Å²) in [6, 6.07) is 12.0. The summed E-state index contributed by atoms with van der Waals surface area (Å²) >= 11 is 0. The van der Waals surface area contributed by atoms with Crippen molar-refractivity contribution in [2.45, 2.75) is 12.7 Å². The highest BCUT2D eigenvalue weighted by Gasteiger charge is 2.38. The number of para-hydroxylation sites is 1. The van der Waals surface area contributed by atoms with Crippen molar-refractivity contribution in [2.24, 2.45) is 0 Å². The fourth-order valence-electron chi connectivity index (χ4n) is 3.22. The molecule has 2 aromatic carbocycles. The molecular weight excluding hydrogens is 446 g/mol. The van der Waals surface area contributed by atoms with Gasteiger partial charge in [0.25, 0.3) is 0 Å². The van der Waals surface area contributed by atoms with Crippen LogP contribution in [0.1, 0.15) is 15.9 Å². The number of morpholine rings is 1. The van der Waals surface area contributed by atoms with Crippen molar-refractivity contribution in [3.63, 3.8) is 0 Å². The van der Waals surface area contributed by atoms with Gasteiger partial charge in [-0.25, -0.2) is 9.18 Å². The Kier molecular flexibility index (Phi) is 7.64. The number of ketones is 1. The Balaban J connectivity index is 1.75. The highest BCUT2D eigenvalue weighted by atomic mass is 19.4. The van der Waals surface area contributed by atoms with Crippen LogP contribution in [-0.4, -0.2) is 61.6 Å². The second kappa shape index (κ2) is 10.4. The molecule has 0 aliphatic carbocycles. The van der Waals surface area contributed by atoms with Crippen LogP contribution in [0.25, 0.3) is 0 Å². The van der Waals surface area contributed by atoms with Gasteiger partial charge in [-0.3, -0.25) is 14.5 Å². The predicted octanol–water partition coefficient (Wildman–Crippen LogP) is 3.15. The number of amides is 3. The molecule has 1 saturated heterocycles. The summed E-state index contributed by atoms with van der Waals surface area (Å²) in [7, 11) is 0. The van der Waals surface area contributed by atoms with Crippen molar-refractivity contribution in [3.8, 4) is 0 Å². The molecule has 0 atom stereocenters. The third kappa shape index (κ3) is 6.28. The molecule has 0 saturated carbocycles. The number of ether oxygens (including phenoxy) is 1. The number of benzene rings is 2. The van der Waals surface area contributed by atoms with Crippen molar-refractivity contribution < 1.29 is 36.7 Å². The molecule has 1 heterocycles. The summed E-state index contributed by atoms with van der Waals surface area (Å²) in [5.74, 6) is -4.26. The molecule has 11 heteroatoms. The molecule has 3 rings (SSSR count). The van der Waals surface area contributed by atoms with Crippen LogP contribution >= 0.6 is 0 Å². The van der Waals surface area contributed by atoms with Crippen LogP contribution in [0.4, 0.5) is 28.0 Å². The Hall–Kier alpha value is -3.47. The molecular formula is C22H21F4N3O4. The number of anilines is 1. The summed E-state index contributed by atoms with van der Waals surface area (Å²) < 4.78 is 56.6. The largest absolute Gasteiger partial charge is 0.471 e. The number of carbonyl (C=O) groups excluding carboxylic acids is 3. The van der Waals surface area contributed by atoms with E-state index in [-0.39, 0.29) is 12.6 Å². The zero-order chi connectivity index (χ0) is 24.0. The number of Topliss-reactive ketones (excluding diaryl/α,β-unsaturated/α-hetero) is 1. The first-order valence-corrected chi connectivity index (χ1v) is 10.0. The molecule has 0 radical (unpaired) electrons. The van der Waals surface area contributed by atoms with E-state index >= 15 is 0 Å². The maximum Gasteiger partial charge on any atom is 0.471 e. The van der Waals surface area contributed by atoms with E-state index in [9.17, 15) is 31.9 Å². The van der Waals surface area contributed by atoms with E-state index in [1.165, 1.54) is 16.3 Å². The third-order valence-electron chi connectivity index (χ3n) is 4.92. The minimum atomic E-state index is -5.14. The smallest absolute Gasteiger partial charge is 0.378 e. The second-order valence-corrected chi connectivity index (χ2v) is 7.22. The van der Waals surface area contributed by atoms with Crippen molar-refractivity contribution in [3.05, 3.63) is 65.5 Å². The topological polar surface area (TPSA) is 79.0 Å². The molecule has 0 spiro atoms. The number of nitrogens with one attached hydrogen (secondary N) is 1. The molecule has 1 N–H and O–H groups in total. The lowest BCUT2D eigenvalue weighted by Gasteiger charge is -2.33. The van der Waals surface area contributed by atoms with Gasteiger partial charge in [-0.05, 0) is 29.8 Å². The Morgan fingerprint density at radius 2 is 1.70 bits per heavy atom. The van der Waals surface area contributed by atoms with Crippen LogP contribution < -0.4 is 10.2 Å². The van der Waals surface area contributed by atoms with E-state index in [4.69, 9.17) is 4.74 Å². The van der Waals surface area contributed by atoms with E-state index in [1.807, 2.05) is 0 Å². The van der Waals surface area contributed by atoms with Gasteiger partial charge >= 0.3 is 18.1 Å². The van der Waals surface area contributed by atoms with Gasteiger partial charge < -0.3 is 15.0 Å². The molecule has 1 aliphatic rings. The molecule has 1 aliphatic heterocycles. The van der Waals surface area contributed by atoms with Gasteiger partial charge in [0.15, 0.2) is 5.78 Å². The number of nitrogens with zero attached hydrogens (tertiary/aromatic N) is 2. The third-order valence-corrected chi connectivity index (χ3v) is 4.92. The van der Waals surface area contributed by atoms with E-state index in [0.717, 1.165) is 12.1 Å². The molecule has 2 aromatic rings. The van der Waals surface area contributed by atoms with Crippen LogP contribution in [-0.2, 0) is 16.1 Å². The first kappa shape index (κ1) is 24.2. The molecule has 33 heavy (non-hydrogen) atoms. The fourth-order valence-corrected chi connectivity index (χ4v) is 3.22. The summed E-state index contributed by atoms with van der Waals surface area (Å²) in [5.41, 5.74) is 0.491. The average molecular weight is 467 g/mol. The quantitative estimate of drug-likeness (QED) is 0.523. The maximum absolute atomic E-state index is 14.6. The molecule has 176 valence electrons. The molecule has 7 nitrogen and oxygen atoms in total. The van der Waals surface area contributed by atoms with Crippen molar-refractivity contribution >= 4 is 23.4 Å². The monoisotopic (exact) mass is 467 g/mol. The molecule has 0 bridgehead atoms. The summed E-state index contributed by atoms with van der Waals surface area (Å²) in [6.07, 6.45) is -5.14. The average Bonchev–Trinajstić information content (AvgIpc) is 2.81. The number of halogens is 4. The Morgan fingerprint density at radius 3 is 2.30 bits per heavy atom. The summed E-state index contributed by atoms with van der Waals surface area (Å²) in [5, 5.41) is 1.42. The number of hydrogen-bond acceptors (Lipinski definition) is 4. The highest BCUT2D eigenvalue weighted by Crippen LogP contribution is 2.21. The Bertz CT molecular complexity index is 1010. The molecule has 0 aromatic heterocycles. The Labute approximate surface area is 186 Å². The lowest BCUT2D eigenvalue weighted by molar-refractivity contribution is -0.173. The first-order valence-electron chi connectivity index (χ1n) is 10.0. The lowest BCUT2D eigenvalue weighted by atomic mass is 10.1. The van der Waals surface area contributed by atoms with Gasteiger partial charge in [0.2, 0.25) is 0 Å². The summed E-state index contributed by atoms with van der Waals surface area (Å²) in [4.78, 5) is 39.1. The zero-order valence-electron chi connectivity index (χ0n) is 17.4. The van der Waals surface area contributed by atoms with Crippen LogP contribution in [0.3, 0.4) is 0 Å². The standard InChI is InChI=1S/C22H21F4N3O4/c23-18-12-15(6-7-17(18)19(30)13-27-20(31)22(24,25)26)14-29(16-4-2-1-3-5-16)21(32)28-8-10-33-11-9-28/h1-7,12H,8-11,13-14H2,(H,27,31). The van der Waals surface area contributed by atoms with E-state index in [1.54, 1.807) is 35.2 Å². The molecule has 1 fully saturated rings. The minimum absolute atomic E-state index is 0.00357. The fraction of sp³-hybridized carbons (Fsp3) is 0.318. The number of rotatable bonds is 6.